The molecule has 3 rings (SSSR count). The molecule has 0 radical (unpaired) electrons. The Balaban J connectivity index is 1.63. The van der Waals surface area contributed by atoms with Gasteiger partial charge in [0.05, 0.1) is 22.9 Å². The first-order valence-electron chi connectivity index (χ1n) is 11.3. The number of carboxylic acids is 1. The summed E-state index contributed by atoms with van der Waals surface area (Å²) in [5, 5.41) is 20.6. The topological polar surface area (TPSA) is 93.5 Å². The Morgan fingerprint density at radius 2 is 1.69 bits per heavy atom. The Morgan fingerprint density at radius 3 is 2.41 bits per heavy atom. The van der Waals surface area contributed by atoms with Crippen LogP contribution in [0.4, 0.5) is 0 Å². The summed E-state index contributed by atoms with van der Waals surface area (Å²) in [6.45, 7) is 2.21. The van der Waals surface area contributed by atoms with Crippen LogP contribution in [0.3, 0.4) is 0 Å². The highest BCUT2D eigenvalue weighted by molar-refractivity contribution is 7.90. The summed E-state index contributed by atoms with van der Waals surface area (Å²) in [6.07, 6.45) is 7.40. The van der Waals surface area contributed by atoms with Crippen LogP contribution in [0.2, 0.25) is 0 Å². The van der Waals surface area contributed by atoms with E-state index in [1.54, 1.807) is 12.1 Å². The van der Waals surface area contributed by atoms with E-state index in [-0.39, 0.29) is 11.3 Å². The van der Waals surface area contributed by atoms with Crippen LogP contribution in [0.1, 0.15) is 79.6 Å². The zero-order valence-electron chi connectivity index (χ0n) is 18.5. The number of benzene rings is 2. The number of unbranched alkanes of at least 4 members (excludes halogenated alkanes) is 5. The maximum Gasteiger partial charge on any atom is 0.335 e. The minimum absolute atomic E-state index is 0.168. The molecular formula is C26H31NO4S. The molecule has 1 aromatic heterocycles. The van der Waals surface area contributed by atoms with Crippen molar-refractivity contribution < 1.29 is 19.6 Å². The Hall–Kier alpha value is -2.41. The zero-order chi connectivity index (χ0) is 22.9. The molecule has 2 atom stereocenters. The third-order valence-corrected chi connectivity index (χ3v) is 6.99. The molecular weight excluding hydrogens is 422 g/mol. The van der Waals surface area contributed by atoms with E-state index >= 15 is 0 Å². The molecule has 32 heavy (non-hydrogen) atoms. The van der Waals surface area contributed by atoms with Crippen molar-refractivity contribution in [3.8, 4) is 0 Å². The number of hydrogen-bond acceptors (Lipinski definition) is 4. The van der Waals surface area contributed by atoms with Crippen molar-refractivity contribution in [2.24, 2.45) is 0 Å². The normalized spacial score (nSPS) is 13.2. The molecule has 0 saturated carbocycles. The van der Waals surface area contributed by atoms with E-state index < -0.39 is 23.2 Å². The van der Waals surface area contributed by atoms with Crippen LogP contribution in [-0.2, 0) is 16.9 Å². The zero-order valence-corrected chi connectivity index (χ0v) is 19.3. The van der Waals surface area contributed by atoms with Gasteiger partial charge in [-0.2, -0.15) is 0 Å². The second-order valence-corrected chi connectivity index (χ2v) is 9.60. The smallest absolute Gasteiger partial charge is 0.335 e. The lowest BCUT2D eigenvalue weighted by Gasteiger charge is -2.13. The van der Waals surface area contributed by atoms with Crippen molar-refractivity contribution in [3.05, 3.63) is 71.4 Å². The first-order chi connectivity index (χ1) is 15.5. The quantitative estimate of drug-likeness (QED) is 0.258. The number of aromatic nitrogens is 1. The Morgan fingerprint density at radius 1 is 1.00 bits per heavy atom. The molecule has 2 N–H and O–H groups in total. The average molecular weight is 454 g/mol. The first-order valence-corrected chi connectivity index (χ1v) is 12.6. The molecule has 0 aliphatic rings. The molecule has 0 aliphatic heterocycles. The van der Waals surface area contributed by atoms with Crippen LogP contribution in [0.25, 0.3) is 10.9 Å². The average Bonchev–Trinajstić information content (AvgIpc) is 2.80. The summed E-state index contributed by atoms with van der Waals surface area (Å²) in [6, 6.07) is 15.7. The molecule has 0 saturated heterocycles. The summed E-state index contributed by atoms with van der Waals surface area (Å²) >= 11 is -1.33. The lowest BCUT2D eigenvalue weighted by atomic mass is 10.0. The van der Waals surface area contributed by atoms with Gasteiger partial charge in [0.1, 0.15) is 0 Å². The number of aliphatic hydroxyl groups is 1. The summed E-state index contributed by atoms with van der Waals surface area (Å²) in [5.74, 6) is -0.764. The van der Waals surface area contributed by atoms with Crippen molar-refractivity contribution in [2.45, 2.75) is 68.6 Å². The van der Waals surface area contributed by atoms with Gasteiger partial charge in [0.15, 0.2) is 10.6 Å². The van der Waals surface area contributed by atoms with Crippen LogP contribution in [0.5, 0.6) is 0 Å². The molecule has 2 aromatic carbocycles. The molecule has 170 valence electrons. The first kappa shape index (κ1) is 24.2. The van der Waals surface area contributed by atoms with E-state index in [2.05, 4.69) is 11.9 Å². The monoisotopic (exact) mass is 453 g/mol. The Kier molecular flexibility index (Phi) is 9.09. The van der Waals surface area contributed by atoms with Gasteiger partial charge in [-0.25, -0.2) is 9.78 Å². The van der Waals surface area contributed by atoms with Crippen molar-refractivity contribution in [1.29, 1.82) is 0 Å². The van der Waals surface area contributed by atoms with Gasteiger partial charge < -0.3 is 14.8 Å². The van der Waals surface area contributed by atoms with E-state index in [4.69, 9.17) is 5.11 Å². The van der Waals surface area contributed by atoms with Crippen LogP contribution in [0.15, 0.2) is 59.5 Å². The fraction of sp³-hybridized carbons (Fsp3) is 0.385. The van der Waals surface area contributed by atoms with Gasteiger partial charge in [-0.3, -0.25) is 0 Å². The number of fused-ring (bicyclic) bond motifs is 1. The van der Waals surface area contributed by atoms with Crippen LogP contribution >= 0.6 is 0 Å². The van der Waals surface area contributed by atoms with E-state index in [9.17, 15) is 14.5 Å². The fourth-order valence-electron chi connectivity index (χ4n) is 3.72. The molecule has 3 aromatic rings. The maximum absolute atomic E-state index is 12.7. The minimum atomic E-state index is -1.33. The Bertz CT molecular complexity index is 1020. The summed E-state index contributed by atoms with van der Waals surface area (Å²) in [7, 11) is 0. The molecule has 5 nitrogen and oxygen atoms in total. The van der Waals surface area contributed by atoms with Gasteiger partial charge in [0.25, 0.3) is 0 Å². The maximum atomic E-state index is 12.7. The van der Waals surface area contributed by atoms with E-state index in [1.165, 1.54) is 37.8 Å². The third kappa shape index (κ3) is 6.79. The highest BCUT2D eigenvalue weighted by atomic mass is 32.2. The molecule has 0 amide bonds. The predicted octanol–water partition coefficient (Wildman–Crippen LogP) is 6.02. The number of pyridine rings is 1. The van der Waals surface area contributed by atoms with Gasteiger partial charge in [-0.1, -0.05) is 63.6 Å². The highest BCUT2D eigenvalue weighted by Gasteiger charge is 2.15. The predicted molar refractivity (Wildman–Crippen MR) is 128 cm³/mol. The molecule has 0 bridgehead atoms. The Labute approximate surface area is 192 Å². The SMILES string of the molecule is CCCCCCCCC(O)c1ccc2ccc(C[S+]([O-])c3ccc(C(=O)O)cc3)nc2c1. The molecule has 0 aliphatic carbocycles. The number of carbonyl (C=O) groups is 1. The second-order valence-electron chi connectivity index (χ2n) is 8.15. The third-order valence-electron chi connectivity index (χ3n) is 5.63. The van der Waals surface area contributed by atoms with Crippen LogP contribution < -0.4 is 0 Å². The highest BCUT2D eigenvalue weighted by Crippen LogP contribution is 2.25. The van der Waals surface area contributed by atoms with Crippen LogP contribution in [0, 0.1) is 0 Å². The van der Waals surface area contributed by atoms with Gasteiger partial charge >= 0.3 is 5.97 Å². The van der Waals surface area contributed by atoms with Crippen molar-refractivity contribution in [2.75, 3.05) is 0 Å². The number of aliphatic hydroxyl groups excluding tert-OH is 1. The van der Waals surface area contributed by atoms with Gasteiger partial charge in [-0.15, -0.1) is 0 Å². The van der Waals surface area contributed by atoms with Crippen molar-refractivity contribution in [3.63, 3.8) is 0 Å². The minimum Gasteiger partial charge on any atom is -0.611 e. The number of rotatable bonds is 12. The van der Waals surface area contributed by atoms with Gasteiger partial charge in [-0.05, 0) is 59.6 Å². The summed E-state index contributed by atoms with van der Waals surface area (Å²) in [4.78, 5) is 16.2. The number of hydrogen-bond donors (Lipinski definition) is 2. The molecule has 2 unspecified atom stereocenters. The van der Waals surface area contributed by atoms with E-state index in [0.717, 1.165) is 35.7 Å². The van der Waals surface area contributed by atoms with Gasteiger partial charge in [0, 0.05) is 5.39 Å². The van der Waals surface area contributed by atoms with Gasteiger partial charge in [0.2, 0.25) is 0 Å². The fourth-order valence-corrected chi connectivity index (χ4v) is 4.75. The summed E-state index contributed by atoms with van der Waals surface area (Å²) < 4.78 is 12.7. The van der Waals surface area contributed by atoms with Crippen molar-refractivity contribution >= 4 is 28.0 Å². The molecule has 1 heterocycles. The number of carboxylic acid groups (broad SMARTS) is 1. The van der Waals surface area contributed by atoms with E-state index in [1.807, 2.05) is 30.3 Å². The molecule has 6 heteroatoms. The lowest BCUT2D eigenvalue weighted by molar-refractivity contribution is 0.0696. The molecule has 0 fully saturated rings. The number of nitrogens with zero attached hydrogens (tertiary/aromatic N) is 1. The standard InChI is InChI=1S/C26H31NO4S/c1-2-3-4-5-6-7-8-25(28)21-10-9-19-11-14-22(27-24(19)17-21)18-32(31)23-15-12-20(13-16-23)26(29)30/h9-17,25,28H,2-8,18H2,1H3,(H,29,30). The van der Waals surface area contributed by atoms with Crippen molar-refractivity contribution in [1.82, 2.24) is 4.98 Å². The molecule has 0 spiro atoms. The largest absolute Gasteiger partial charge is 0.611 e. The lowest BCUT2D eigenvalue weighted by Crippen LogP contribution is -2.07. The second kappa shape index (κ2) is 12.0. The van der Waals surface area contributed by atoms with E-state index in [0.29, 0.717) is 10.6 Å². The van der Waals surface area contributed by atoms with Crippen LogP contribution in [-0.4, -0.2) is 25.7 Å². The summed E-state index contributed by atoms with van der Waals surface area (Å²) in [5.41, 5.74) is 2.50. The number of aromatic carboxylic acids is 1.